The van der Waals surface area contributed by atoms with Gasteiger partial charge in [-0.05, 0) is 74.3 Å². The van der Waals surface area contributed by atoms with Gasteiger partial charge in [0.2, 0.25) is 0 Å². The van der Waals surface area contributed by atoms with Crippen LogP contribution >= 0.6 is 0 Å². The Balaban J connectivity index is 0.000000304. The first-order valence-electron chi connectivity index (χ1n) is 14.8. The van der Waals surface area contributed by atoms with Crippen molar-refractivity contribution in [2.75, 3.05) is 0 Å². The van der Waals surface area contributed by atoms with Crippen LogP contribution in [-0.4, -0.2) is 24.0 Å². The Kier molecular flexibility index (Phi) is 14.6. The van der Waals surface area contributed by atoms with E-state index in [1.165, 1.54) is 19.3 Å². The highest BCUT2D eigenvalue weighted by molar-refractivity contribution is 5.73. The van der Waals surface area contributed by atoms with Gasteiger partial charge >= 0.3 is 24.0 Å². The van der Waals surface area contributed by atoms with Gasteiger partial charge in [-0.15, -0.1) is 0 Å². The SMILES string of the molecule is C.CCC1CCC(C(=O)OCc2ccccc2)CC1.O=C(OCc1ccccc1)C1CCC(CC(F)(F)C(F)(F)F)CC1. The minimum Gasteiger partial charge on any atom is -0.461 e. The van der Waals surface area contributed by atoms with Crippen molar-refractivity contribution >= 4 is 11.9 Å². The van der Waals surface area contributed by atoms with Gasteiger partial charge in [0.25, 0.3) is 0 Å². The van der Waals surface area contributed by atoms with Crippen molar-refractivity contribution in [2.45, 2.75) is 104 Å². The molecule has 0 spiro atoms. The van der Waals surface area contributed by atoms with E-state index in [9.17, 15) is 31.5 Å². The van der Waals surface area contributed by atoms with Crippen LogP contribution in [0.4, 0.5) is 22.0 Å². The average molecular weight is 613 g/mol. The van der Waals surface area contributed by atoms with Gasteiger partial charge in [-0.25, -0.2) is 0 Å². The molecule has 4 rings (SSSR count). The van der Waals surface area contributed by atoms with E-state index in [1.807, 2.05) is 60.7 Å². The third kappa shape index (κ3) is 11.9. The molecule has 0 heterocycles. The van der Waals surface area contributed by atoms with Crippen LogP contribution in [-0.2, 0) is 32.3 Å². The van der Waals surface area contributed by atoms with Gasteiger partial charge in [0, 0.05) is 6.42 Å². The summed E-state index contributed by atoms with van der Waals surface area (Å²) in [5, 5.41) is 0. The largest absolute Gasteiger partial charge is 0.461 e. The molecule has 0 aromatic heterocycles. The van der Waals surface area contributed by atoms with Crippen LogP contribution in [0.5, 0.6) is 0 Å². The topological polar surface area (TPSA) is 52.6 Å². The van der Waals surface area contributed by atoms with E-state index in [0.29, 0.717) is 6.61 Å². The van der Waals surface area contributed by atoms with Gasteiger partial charge in [0.05, 0.1) is 11.8 Å². The van der Waals surface area contributed by atoms with E-state index in [1.54, 1.807) is 0 Å². The smallest absolute Gasteiger partial charge is 0.453 e. The van der Waals surface area contributed by atoms with Crippen molar-refractivity contribution in [1.29, 1.82) is 0 Å². The number of hydrogen-bond donors (Lipinski definition) is 0. The van der Waals surface area contributed by atoms with E-state index < -0.39 is 36.3 Å². The van der Waals surface area contributed by atoms with Crippen LogP contribution in [0.2, 0.25) is 0 Å². The number of alkyl halides is 5. The molecular weight excluding hydrogens is 567 g/mol. The number of ether oxygens (including phenoxy) is 2. The van der Waals surface area contributed by atoms with Crippen molar-refractivity contribution in [1.82, 2.24) is 0 Å². The molecule has 2 aromatic rings. The molecule has 4 nitrogen and oxygen atoms in total. The van der Waals surface area contributed by atoms with Crippen LogP contribution in [0.1, 0.15) is 89.7 Å². The van der Waals surface area contributed by atoms with Gasteiger partial charge in [-0.2, -0.15) is 22.0 Å². The van der Waals surface area contributed by atoms with Crippen LogP contribution in [0.3, 0.4) is 0 Å². The van der Waals surface area contributed by atoms with E-state index in [0.717, 1.165) is 29.9 Å². The Morgan fingerprint density at radius 3 is 1.37 bits per heavy atom. The lowest BCUT2D eigenvalue weighted by Crippen LogP contribution is -2.39. The van der Waals surface area contributed by atoms with Crippen LogP contribution in [0, 0.1) is 23.7 Å². The molecule has 0 amide bonds. The van der Waals surface area contributed by atoms with Gasteiger partial charge in [-0.3, -0.25) is 9.59 Å². The highest BCUT2D eigenvalue weighted by atomic mass is 19.4. The first-order valence-corrected chi connectivity index (χ1v) is 14.8. The maximum atomic E-state index is 13.1. The highest BCUT2D eigenvalue weighted by Crippen LogP contribution is 2.44. The Morgan fingerprint density at radius 1 is 0.651 bits per heavy atom. The Morgan fingerprint density at radius 2 is 1.02 bits per heavy atom. The molecule has 0 radical (unpaired) electrons. The van der Waals surface area contributed by atoms with Crippen molar-refractivity contribution in [2.24, 2.45) is 23.7 Å². The number of rotatable bonds is 9. The van der Waals surface area contributed by atoms with E-state index in [2.05, 4.69) is 6.92 Å². The van der Waals surface area contributed by atoms with Crippen molar-refractivity contribution in [3.8, 4) is 0 Å². The predicted molar refractivity (Wildman–Crippen MR) is 156 cm³/mol. The molecule has 2 aliphatic rings. The Bertz CT molecular complexity index is 1070. The highest BCUT2D eigenvalue weighted by Gasteiger charge is 2.58. The number of benzene rings is 2. The van der Waals surface area contributed by atoms with Gasteiger partial charge in [0.15, 0.2) is 0 Å². The maximum Gasteiger partial charge on any atom is 0.453 e. The second-order valence-electron chi connectivity index (χ2n) is 11.4. The molecule has 2 fully saturated rings. The molecule has 2 aromatic carbocycles. The molecule has 0 N–H and O–H groups in total. The summed E-state index contributed by atoms with van der Waals surface area (Å²) < 4.78 is 73.4. The minimum atomic E-state index is -5.52. The second kappa shape index (κ2) is 17.4. The van der Waals surface area contributed by atoms with Gasteiger partial charge in [0.1, 0.15) is 13.2 Å². The van der Waals surface area contributed by atoms with E-state index >= 15 is 0 Å². The lowest BCUT2D eigenvalue weighted by molar-refractivity contribution is -0.288. The van der Waals surface area contributed by atoms with Gasteiger partial charge < -0.3 is 9.47 Å². The average Bonchev–Trinajstić information content (AvgIpc) is 2.99. The van der Waals surface area contributed by atoms with Crippen molar-refractivity contribution in [3.05, 3.63) is 71.8 Å². The first kappa shape index (κ1) is 36.2. The number of esters is 2. The normalized spacial score (nSPS) is 22.3. The second-order valence-corrected chi connectivity index (χ2v) is 11.4. The summed E-state index contributed by atoms with van der Waals surface area (Å²) in [5.74, 6) is -5.28. The summed E-state index contributed by atoms with van der Waals surface area (Å²) in [6, 6.07) is 19.0. The van der Waals surface area contributed by atoms with E-state index in [4.69, 9.17) is 9.47 Å². The Labute approximate surface area is 252 Å². The summed E-state index contributed by atoms with van der Waals surface area (Å²) in [5.41, 5.74) is 1.90. The molecule has 0 aliphatic heterocycles. The fourth-order valence-corrected chi connectivity index (χ4v) is 5.58. The zero-order valence-electron chi connectivity index (χ0n) is 24.1. The number of carbonyl (C=O) groups excluding carboxylic acids is 2. The molecule has 0 saturated heterocycles. The number of halogens is 5. The molecule has 9 heteroatoms. The summed E-state index contributed by atoms with van der Waals surface area (Å²) in [6.07, 6.45) is -0.181. The van der Waals surface area contributed by atoms with E-state index in [-0.39, 0.29) is 51.6 Å². The fraction of sp³-hybridized carbons (Fsp3) is 0.588. The summed E-state index contributed by atoms with van der Waals surface area (Å²) >= 11 is 0. The maximum absolute atomic E-state index is 13.1. The predicted octanol–water partition coefficient (Wildman–Crippen LogP) is 9.71. The zero-order chi connectivity index (χ0) is 30.6. The lowest BCUT2D eigenvalue weighted by atomic mass is 9.79. The molecule has 0 unspecified atom stereocenters. The molecule has 43 heavy (non-hydrogen) atoms. The number of hydrogen-bond acceptors (Lipinski definition) is 4. The number of carbonyl (C=O) groups is 2. The molecular formula is C34H45F5O4. The monoisotopic (exact) mass is 612 g/mol. The van der Waals surface area contributed by atoms with Crippen LogP contribution < -0.4 is 0 Å². The third-order valence-corrected chi connectivity index (χ3v) is 8.35. The van der Waals surface area contributed by atoms with Crippen LogP contribution in [0.25, 0.3) is 0 Å². The lowest BCUT2D eigenvalue weighted by Gasteiger charge is -2.30. The molecule has 2 aliphatic carbocycles. The minimum absolute atomic E-state index is 0. The third-order valence-electron chi connectivity index (χ3n) is 8.35. The van der Waals surface area contributed by atoms with Gasteiger partial charge in [-0.1, -0.05) is 81.4 Å². The summed E-state index contributed by atoms with van der Waals surface area (Å²) in [7, 11) is 0. The van der Waals surface area contributed by atoms with Crippen molar-refractivity contribution < 1.29 is 41.0 Å². The molecule has 2 saturated carbocycles. The Hall–Kier alpha value is -2.97. The standard InChI is InChI=1S/C17H19F5O2.C16H22O2.CH4/c18-16(19,17(20,21)22)10-12-6-8-14(9-7-12)15(23)24-11-13-4-2-1-3-5-13;1-2-13-8-10-15(11-9-13)16(17)18-12-14-6-4-3-5-7-14;/h1-5,12,14H,6-11H2;3-7,13,15H,2,8-12H2,1H3;1H4. The fourth-order valence-electron chi connectivity index (χ4n) is 5.58. The van der Waals surface area contributed by atoms with Crippen LogP contribution in [0.15, 0.2) is 60.7 Å². The quantitative estimate of drug-likeness (QED) is 0.209. The first-order chi connectivity index (χ1) is 20.0. The molecule has 0 bridgehead atoms. The summed E-state index contributed by atoms with van der Waals surface area (Å²) in [4.78, 5) is 23.9. The van der Waals surface area contributed by atoms with Crippen molar-refractivity contribution in [3.63, 3.8) is 0 Å². The zero-order valence-corrected chi connectivity index (χ0v) is 24.1. The molecule has 240 valence electrons. The molecule has 0 atom stereocenters. The summed E-state index contributed by atoms with van der Waals surface area (Å²) in [6.45, 7) is 2.78.